The molecule has 2 fully saturated rings. The number of benzene rings is 2. The monoisotopic (exact) mass is 573 g/mol. The van der Waals surface area contributed by atoms with Crippen LogP contribution in [0.5, 0.6) is 11.5 Å². The fraction of sp³-hybridized carbons (Fsp3) is 0.500. The van der Waals surface area contributed by atoms with E-state index in [9.17, 15) is 13.2 Å². The number of aromatic nitrogens is 1. The number of fused-ring (bicyclic) bond motifs is 1. The summed E-state index contributed by atoms with van der Waals surface area (Å²) < 4.78 is 45.9. The van der Waals surface area contributed by atoms with Crippen molar-refractivity contribution in [3.8, 4) is 11.5 Å². The Morgan fingerprint density at radius 3 is 2.36 bits per heavy atom. The van der Waals surface area contributed by atoms with Gasteiger partial charge in [-0.3, -0.25) is 9.69 Å². The second-order valence-corrected chi connectivity index (χ2v) is 13.4. The SMILES string of the molecule is COc1ccc(OC)c2sc(N(CC3CCCO3)C(=O)c3ccc(S(=O)(=O)N4CC(C)CC(C)C4)cc3)nc12. The Kier molecular flexibility index (Phi) is 8.14. The Balaban J connectivity index is 1.46. The van der Waals surface area contributed by atoms with Crippen LogP contribution in [0, 0.1) is 11.8 Å². The standard InChI is InChI=1S/C28H35N3O6S2/c1-18-14-19(2)16-30(15-18)39(33,34)22-9-7-20(8-10-22)27(32)31(17-21-6-5-13-37-21)28-29-25-23(35-3)11-12-24(36-4)26(25)38-28/h7-12,18-19,21H,5-6,13-17H2,1-4H3. The third-order valence-corrected chi connectivity index (χ3v) is 10.3. The molecule has 0 bridgehead atoms. The van der Waals surface area contributed by atoms with Crippen LogP contribution < -0.4 is 14.4 Å². The lowest BCUT2D eigenvalue weighted by Crippen LogP contribution is -2.42. The number of hydrogen-bond acceptors (Lipinski definition) is 8. The summed E-state index contributed by atoms with van der Waals surface area (Å²) in [5.74, 6) is 1.58. The van der Waals surface area contributed by atoms with Gasteiger partial charge in [-0.25, -0.2) is 13.4 Å². The van der Waals surface area contributed by atoms with Gasteiger partial charge in [-0.05, 0) is 67.5 Å². The fourth-order valence-electron chi connectivity index (χ4n) is 5.51. The number of rotatable bonds is 8. The molecule has 3 atom stereocenters. The number of ether oxygens (including phenoxy) is 3. The maximum atomic E-state index is 13.9. The molecule has 3 unspecified atom stereocenters. The summed E-state index contributed by atoms with van der Waals surface area (Å²) in [4.78, 5) is 20.5. The van der Waals surface area contributed by atoms with Crippen LogP contribution in [0.1, 0.15) is 43.5 Å². The average Bonchev–Trinajstić information content (AvgIpc) is 3.60. The maximum absolute atomic E-state index is 13.9. The van der Waals surface area contributed by atoms with Crippen LogP contribution in [0.2, 0.25) is 0 Å². The highest BCUT2D eigenvalue weighted by atomic mass is 32.2. The fourth-order valence-corrected chi connectivity index (χ4v) is 8.27. The van der Waals surface area contributed by atoms with Crippen LogP contribution in [-0.4, -0.2) is 70.2 Å². The molecular formula is C28H35N3O6S2. The molecule has 2 aliphatic rings. The van der Waals surface area contributed by atoms with Crippen molar-refractivity contribution in [3.63, 3.8) is 0 Å². The van der Waals surface area contributed by atoms with Crippen molar-refractivity contribution in [3.05, 3.63) is 42.0 Å². The van der Waals surface area contributed by atoms with Crippen LogP contribution in [0.15, 0.2) is 41.3 Å². The normalized spacial score (nSPS) is 22.2. The number of thiazole rings is 1. The minimum absolute atomic E-state index is 0.104. The molecule has 3 heterocycles. The summed E-state index contributed by atoms with van der Waals surface area (Å²) >= 11 is 1.35. The first-order valence-electron chi connectivity index (χ1n) is 13.3. The Hall–Kier alpha value is -2.73. The van der Waals surface area contributed by atoms with E-state index in [1.54, 1.807) is 41.6 Å². The van der Waals surface area contributed by atoms with E-state index in [0.717, 1.165) is 24.0 Å². The molecule has 2 aromatic carbocycles. The number of amides is 1. The molecule has 1 amide bonds. The van der Waals surface area contributed by atoms with Gasteiger partial charge >= 0.3 is 0 Å². The predicted molar refractivity (Wildman–Crippen MR) is 152 cm³/mol. The number of carbonyl (C=O) groups excluding carboxylic acids is 1. The molecule has 0 aliphatic carbocycles. The molecule has 2 aliphatic heterocycles. The van der Waals surface area contributed by atoms with Crippen molar-refractivity contribution < 1.29 is 27.4 Å². The Labute approximate surface area is 233 Å². The van der Waals surface area contributed by atoms with Crippen molar-refractivity contribution in [2.75, 3.05) is 45.4 Å². The second-order valence-electron chi connectivity index (χ2n) is 10.5. The molecule has 39 heavy (non-hydrogen) atoms. The van der Waals surface area contributed by atoms with E-state index >= 15 is 0 Å². The topological polar surface area (TPSA) is 98.3 Å². The molecule has 210 valence electrons. The van der Waals surface area contributed by atoms with Gasteiger partial charge in [0.05, 0.1) is 31.8 Å². The zero-order chi connectivity index (χ0) is 27.7. The van der Waals surface area contributed by atoms with Gasteiger partial charge in [-0.15, -0.1) is 0 Å². The number of piperidine rings is 1. The van der Waals surface area contributed by atoms with Gasteiger partial charge in [0.1, 0.15) is 21.7 Å². The van der Waals surface area contributed by atoms with E-state index in [0.29, 0.717) is 65.8 Å². The van der Waals surface area contributed by atoms with E-state index < -0.39 is 10.0 Å². The molecule has 0 spiro atoms. The molecular weight excluding hydrogens is 538 g/mol. The van der Waals surface area contributed by atoms with E-state index in [1.165, 1.54) is 23.5 Å². The van der Waals surface area contributed by atoms with Gasteiger partial charge in [-0.1, -0.05) is 25.2 Å². The van der Waals surface area contributed by atoms with Crippen molar-refractivity contribution in [1.29, 1.82) is 0 Å². The maximum Gasteiger partial charge on any atom is 0.260 e. The third kappa shape index (κ3) is 5.63. The van der Waals surface area contributed by atoms with Crippen LogP contribution >= 0.6 is 11.3 Å². The van der Waals surface area contributed by atoms with Gasteiger partial charge in [-0.2, -0.15) is 4.31 Å². The second kappa shape index (κ2) is 11.4. The van der Waals surface area contributed by atoms with Gasteiger partial charge < -0.3 is 14.2 Å². The third-order valence-electron chi connectivity index (χ3n) is 7.36. The summed E-state index contributed by atoms with van der Waals surface area (Å²) in [5, 5.41) is 0.501. The molecule has 0 N–H and O–H groups in total. The first kappa shape index (κ1) is 27.8. The first-order chi connectivity index (χ1) is 18.7. The number of anilines is 1. The Morgan fingerprint density at radius 2 is 1.74 bits per heavy atom. The Morgan fingerprint density at radius 1 is 1.08 bits per heavy atom. The zero-order valence-electron chi connectivity index (χ0n) is 22.8. The lowest BCUT2D eigenvalue weighted by Gasteiger charge is -2.34. The summed E-state index contributed by atoms with van der Waals surface area (Å²) in [5.41, 5.74) is 0.999. The molecule has 9 nitrogen and oxygen atoms in total. The van der Waals surface area contributed by atoms with Gasteiger partial charge in [0.25, 0.3) is 5.91 Å². The summed E-state index contributed by atoms with van der Waals surface area (Å²) in [6, 6.07) is 9.84. The minimum Gasteiger partial charge on any atom is -0.495 e. The van der Waals surface area contributed by atoms with Gasteiger partial charge in [0.2, 0.25) is 10.0 Å². The van der Waals surface area contributed by atoms with Crippen molar-refractivity contribution >= 4 is 42.6 Å². The molecule has 0 radical (unpaired) electrons. The van der Waals surface area contributed by atoms with E-state index in [-0.39, 0.29) is 16.9 Å². The molecule has 0 saturated carbocycles. The number of hydrogen-bond donors (Lipinski definition) is 0. The quantitative estimate of drug-likeness (QED) is 0.382. The average molecular weight is 574 g/mol. The molecule has 1 aromatic heterocycles. The minimum atomic E-state index is -3.64. The summed E-state index contributed by atoms with van der Waals surface area (Å²) in [7, 11) is -0.470. The lowest BCUT2D eigenvalue weighted by atomic mass is 9.94. The van der Waals surface area contributed by atoms with E-state index in [1.807, 2.05) is 6.07 Å². The Bertz CT molecular complexity index is 1380. The van der Waals surface area contributed by atoms with Crippen LogP contribution in [0.25, 0.3) is 10.2 Å². The lowest BCUT2D eigenvalue weighted by molar-refractivity contribution is 0.0917. The van der Waals surface area contributed by atoms with Crippen molar-refractivity contribution in [1.82, 2.24) is 9.29 Å². The summed E-state index contributed by atoms with van der Waals surface area (Å²) in [6.45, 7) is 6.17. The predicted octanol–water partition coefficient (Wildman–Crippen LogP) is 4.81. The summed E-state index contributed by atoms with van der Waals surface area (Å²) in [6.07, 6.45) is 2.70. The van der Waals surface area contributed by atoms with Gasteiger partial charge in [0, 0.05) is 25.3 Å². The molecule has 11 heteroatoms. The number of nitrogens with zero attached hydrogens (tertiary/aromatic N) is 3. The van der Waals surface area contributed by atoms with E-state index in [4.69, 9.17) is 19.2 Å². The zero-order valence-corrected chi connectivity index (χ0v) is 24.4. The molecule has 5 rings (SSSR count). The van der Waals surface area contributed by atoms with Crippen LogP contribution in [0.4, 0.5) is 5.13 Å². The first-order valence-corrected chi connectivity index (χ1v) is 15.5. The molecule has 2 saturated heterocycles. The largest absolute Gasteiger partial charge is 0.495 e. The van der Waals surface area contributed by atoms with E-state index in [2.05, 4.69) is 13.8 Å². The smallest absolute Gasteiger partial charge is 0.260 e. The van der Waals surface area contributed by atoms with Crippen LogP contribution in [-0.2, 0) is 14.8 Å². The number of carbonyl (C=O) groups is 1. The highest BCUT2D eigenvalue weighted by molar-refractivity contribution is 7.89. The van der Waals surface area contributed by atoms with Crippen LogP contribution in [0.3, 0.4) is 0 Å². The number of methoxy groups -OCH3 is 2. The number of sulfonamides is 1. The molecule has 3 aromatic rings. The van der Waals surface area contributed by atoms with Gasteiger partial charge in [0.15, 0.2) is 5.13 Å². The van der Waals surface area contributed by atoms with Crippen molar-refractivity contribution in [2.24, 2.45) is 11.8 Å². The van der Waals surface area contributed by atoms with Crippen molar-refractivity contribution in [2.45, 2.75) is 44.1 Å². The highest BCUT2D eigenvalue weighted by Gasteiger charge is 2.32. The highest BCUT2D eigenvalue weighted by Crippen LogP contribution is 2.40.